The second-order valence-electron chi connectivity index (χ2n) is 5.23. The van der Waals surface area contributed by atoms with Crippen molar-refractivity contribution in [2.24, 2.45) is 26.1 Å². The number of aromatic nitrogens is 4. The number of nitrogens with zero attached hydrogens (tertiary/aromatic N) is 5. The van der Waals surface area contributed by atoms with E-state index in [1.165, 1.54) is 23.4 Å². The lowest BCUT2D eigenvalue weighted by atomic mass is 10.4. The van der Waals surface area contributed by atoms with Crippen LogP contribution in [0.25, 0.3) is 11.2 Å². The molecule has 22 heavy (non-hydrogen) atoms. The normalized spacial score (nSPS) is 15.0. The largest absolute Gasteiger partial charge is 0.373 e. The van der Waals surface area contributed by atoms with Gasteiger partial charge in [-0.1, -0.05) is 11.8 Å². The first kappa shape index (κ1) is 14.9. The van der Waals surface area contributed by atoms with Crippen LogP contribution in [0, 0.1) is 0 Å². The lowest BCUT2D eigenvalue weighted by Gasteiger charge is -2.13. The highest BCUT2D eigenvalue weighted by atomic mass is 32.2. The third kappa shape index (κ3) is 2.35. The van der Waals surface area contributed by atoms with Gasteiger partial charge in [0.1, 0.15) is 5.84 Å². The molecule has 118 valence electrons. The number of rotatable bonds is 3. The highest BCUT2D eigenvalue weighted by molar-refractivity contribution is 7.99. The zero-order valence-corrected chi connectivity index (χ0v) is 13.6. The molecule has 0 bridgehead atoms. The zero-order chi connectivity index (χ0) is 15.9. The van der Waals surface area contributed by atoms with Crippen molar-refractivity contribution in [1.82, 2.24) is 24.0 Å². The maximum Gasteiger partial charge on any atom is 0.332 e. The van der Waals surface area contributed by atoms with Crippen molar-refractivity contribution in [3.63, 3.8) is 0 Å². The van der Waals surface area contributed by atoms with Gasteiger partial charge in [-0.25, -0.2) is 9.78 Å². The number of imidazole rings is 1. The summed E-state index contributed by atoms with van der Waals surface area (Å²) in [6, 6.07) is 0. The summed E-state index contributed by atoms with van der Waals surface area (Å²) in [6.07, 6.45) is 1.05. The predicted molar refractivity (Wildman–Crippen MR) is 86.8 cm³/mol. The molecule has 0 saturated carbocycles. The number of nitrogens with one attached hydrogen (secondary N) is 1. The van der Waals surface area contributed by atoms with Crippen molar-refractivity contribution < 1.29 is 0 Å². The van der Waals surface area contributed by atoms with Gasteiger partial charge in [-0.3, -0.25) is 18.9 Å². The molecule has 0 atom stereocenters. The summed E-state index contributed by atoms with van der Waals surface area (Å²) in [5.41, 5.74) is 0.154. The van der Waals surface area contributed by atoms with Crippen LogP contribution in [0.3, 0.4) is 0 Å². The maximum atomic E-state index is 12.3. The van der Waals surface area contributed by atoms with Gasteiger partial charge in [0.25, 0.3) is 5.56 Å². The van der Waals surface area contributed by atoms with Gasteiger partial charge in [-0.15, -0.1) is 0 Å². The molecule has 0 spiro atoms. The Kier molecular flexibility index (Phi) is 3.81. The van der Waals surface area contributed by atoms with Crippen molar-refractivity contribution in [2.75, 3.05) is 18.8 Å². The van der Waals surface area contributed by atoms with Gasteiger partial charge < -0.3 is 9.88 Å². The van der Waals surface area contributed by atoms with Crippen LogP contribution in [0.1, 0.15) is 6.42 Å². The Bertz CT molecular complexity index is 875. The fraction of sp³-hybridized carbons (Fsp3) is 0.538. The average Bonchev–Trinajstić information content (AvgIpc) is 2.87. The SMILES string of the molecule is Cn1c(=O)c2c(nc(SCC3=NCCCN3)n2C)n(C)c1=O. The Morgan fingerprint density at radius 2 is 1.95 bits per heavy atom. The molecule has 1 aliphatic rings. The molecule has 0 saturated heterocycles. The smallest absolute Gasteiger partial charge is 0.332 e. The van der Waals surface area contributed by atoms with E-state index in [2.05, 4.69) is 15.3 Å². The van der Waals surface area contributed by atoms with Crippen molar-refractivity contribution in [3.05, 3.63) is 20.8 Å². The van der Waals surface area contributed by atoms with Crippen molar-refractivity contribution in [3.8, 4) is 0 Å². The highest BCUT2D eigenvalue weighted by Crippen LogP contribution is 2.20. The molecule has 8 nitrogen and oxygen atoms in total. The number of aliphatic imine (C=N–C) groups is 1. The first-order valence-electron chi connectivity index (χ1n) is 7.03. The summed E-state index contributed by atoms with van der Waals surface area (Å²) in [4.78, 5) is 33.1. The molecular formula is C13H18N6O2S. The number of thioether (sulfide) groups is 1. The number of aryl methyl sites for hydroxylation is 2. The summed E-state index contributed by atoms with van der Waals surface area (Å²) in [7, 11) is 4.89. The van der Waals surface area contributed by atoms with E-state index >= 15 is 0 Å². The van der Waals surface area contributed by atoms with E-state index in [0.717, 1.165) is 29.9 Å². The second-order valence-corrected chi connectivity index (χ2v) is 6.17. The van der Waals surface area contributed by atoms with E-state index in [1.54, 1.807) is 18.7 Å². The third-order valence-corrected chi connectivity index (χ3v) is 4.78. The monoisotopic (exact) mass is 322 g/mol. The Morgan fingerprint density at radius 1 is 1.18 bits per heavy atom. The molecule has 0 aromatic carbocycles. The molecule has 0 fully saturated rings. The summed E-state index contributed by atoms with van der Waals surface area (Å²) < 4.78 is 4.24. The Morgan fingerprint density at radius 3 is 2.64 bits per heavy atom. The van der Waals surface area contributed by atoms with E-state index in [0.29, 0.717) is 22.1 Å². The van der Waals surface area contributed by atoms with Crippen molar-refractivity contribution >= 4 is 28.8 Å². The average molecular weight is 322 g/mol. The number of hydrogen-bond acceptors (Lipinski definition) is 6. The van der Waals surface area contributed by atoms with Crippen LogP contribution in [0.5, 0.6) is 0 Å². The zero-order valence-electron chi connectivity index (χ0n) is 12.8. The van der Waals surface area contributed by atoms with Crippen molar-refractivity contribution in [1.29, 1.82) is 0 Å². The van der Waals surface area contributed by atoms with Crippen LogP contribution in [-0.2, 0) is 21.1 Å². The van der Waals surface area contributed by atoms with Crippen LogP contribution in [0.4, 0.5) is 0 Å². The Labute approximate surface area is 130 Å². The molecule has 0 unspecified atom stereocenters. The summed E-state index contributed by atoms with van der Waals surface area (Å²) in [5.74, 6) is 1.62. The third-order valence-electron chi connectivity index (χ3n) is 3.74. The quantitative estimate of drug-likeness (QED) is 0.767. The molecule has 0 radical (unpaired) electrons. The lowest BCUT2D eigenvalue weighted by molar-refractivity contribution is 0.705. The van der Waals surface area contributed by atoms with Gasteiger partial charge in [0.15, 0.2) is 16.3 Å². The minimum absolute atomic E-state index is 0.326. The van der Waals surface area contributed by atoms with Gasteiger partial charge >= 0.3 is 5.69 Å². The molecular weight excluding hydrogens is 304 g/mol. The molecule has 2 aromatic heterocycles. The molecule has 3 rings (SSSR count). The molecule has 0 aliphatic carbocycles. The maximum absolute atomic E-state index is 12.3. The molecule has 2 aromatic rings. The number of hydrogen-bond donors (Lipinski definition) is 1. The first-order valence-corrected chi connectivity index (χ1v) is 8.01. The Balaban J connectivity index is 2.01. The van der Waals surface area contributed by atoms with Crippen LogP contribution >= 0.6 is 11.8 Å². The fourth-order valence-corrected chi connectivity index (χ4v) is 3.33. The van der Waals surface area contributed by atoms with Gasteiger partial charge in [0.05, 0.1) is 5.75 Å². The molecule has 0 amide bonds. The Hall–Kier alpha value is -2.03. The summed E-state index contributed by atoms with van der Waals surface area (Å²) >= 11 is 1.50. The number of fused-ring (bicyclic) bond motifs is 1. The van der Waals surface area contributed by atoms with Gasteiger partial charge in [0.2, 0.25) is 0 Å². The van der Waals surface area contributed by atoms with Gasteiger partial charge in [0, 0.05) is 34.2 Å². The van der Waals surface area contributed by atoms with Gasteiger partial charge in [-0.05, 0) is 6.42 Å². The predicted octanol–water partition coefficient (Wildman–Crippen LogP) is -0.545. The molecule has 9 heteroatoms. The van der Waals surface area contributed by atoms with E-state index in [-0.39, 0.29) is 11.2 Å². The fourth-order valence-electron chi connectivity index (χ4n) is 2.44. The summed E-state index contributed by atoms with van der Waals surface area (Å²) in [6.45, 7) is 1.79. The minimum atomic E-state index is -0.370. The minimum Gasteiger partial charge on any atom is -0.373 e. The second kappa shape index (κ2) is 5.64. The van der Waals surface area contributed by atoms with E-state index in [4.69, 9.17) is 0 Å². The lowest BCUT2D eigenvalue weighted by Crippen LogP contribution is -2.37. The summed E-state index contributed by atoms with van der Waals surface area (Å²) in [5, 5.41) is 3.95. The van der Waals surface area contributed by atoms with Gasteiger partial charge in [-0.2, -0.15) is 0 Å². The molecule has 3 heterocycles. The molecule has 1 aliphatic heterocycles. The highest BCUT2D eigenvalue weighted by Gasteiger charge is 2.17. The van der Waals surface area contributed by atoms with Crippen molar-refractivity contribution in [2.45, 2.75) is 11.6 Å². The number of amidine groups is 1. The molecule has 1 N–H and O–H groups in total. The van der Waals surface area contributed by atoms with Crippen LogP contribution in [0.2, 0.25) is 0 Å². The standard InChI is InChI=1S/C13H18N6O2S/c1-17-9-10(18(2)13(21)19(3)11(9)20)16-12(17)22-7-8-14-5-4-6-15-8/h4-7H2,1-3H3,(H,14,15). The topological polar surface area (TPSA) is 86.2 Å². The van der Waals surface area contributed by atoms with E-state index in [1.807, 2.05) is 0 Å². The van der Waals surface area contributed by atoms with Crippen LogP contribution in [0.15, 0.2) is 19.7 Å². The first-order chi connectivity index (χ1) is 10.5. The van der Waals surface area contributed by atoms with Crippen LogP contribution in [-0.4, -0.2) is 43.4 Å². The van der Waals surface area contributed by atoms with E-state index < -0.39 is 0 Å². The van der Waals surface area contributed by atoms with Crippen LogP contribution < -0.4 is 16.6 Å². The van der Waals surface area contributed by atoms with E-state index in [9.17, 15) is 9.59 Å².